The summed E-state index contributed by atoms with van der Waals surface area (Å²) in [6.45, 7) is 0.652. The topological polar surface area (TPSA) is 43.6 Å². The second kappa shape index (κ2) is 7.33. The maximum atomic E-state index is 14.2. The number of nitrogens with zero attached hydrogens (tertiary/aromatic N) is 2. The molecule has 3 aromatic rings. The van der Waals surface area contributed by atoms with E-state index in [0.717, 1.165) is 22.3 Å². The number of ether oxygens (including phenoxy) is 1. The van der Waals surface area contributed by atoms with E-state index < -0.39 is 11.6 Å². The van der Waals surface area contributed by atoms with Gasteiger partial charge in [-0.25, -0.2) is 8.78 Å². The maximum absolute atomic E-state index is 14.2. The number of benzene rings is 1. The number of aromatic nitrogens is 1. The zero-order valence-electron chi connectivity index (χ0n) is 12.8. The fraction of sp³-hybridized carbons (Fsp3) is 0.250. The summed E-state index contributed by atoms with van der Waals surface area (Å²) in [5.41, 5.74) is 0.237. The second-order valence-electron chi connectivity index (χ2n) is 5.03. The molecule has 8 heteroatoms. The average molecular weight is 368 g/mol. The molecule has 0 spiro atoms. The van der Waals surface area contributed by atoms with Gasteiger partial charge in [-0.2, -0.15) is 4.99 Å². The van der Waals surface area contributed by atoms with Crippen LogP contribution in [0, 0.1) is 11.6 Å². The highest BCUT2D eigenvalue weighted by Crippen LogP contribution is 2.22. The van der Waals surface area contributed by atoms with E-state index in [4.69, 9.17) is 4.74 Å². The molecule has 2 aromatic heterocycles. The predicted octanol–water partition coefficient (Wildman–Crippen LogP) is 3.36. The molecule has 24 heavy (non-hydrogen) atoms. The van der Waals surface area contributed by atoms with Crippen molar-refractivity contribution in [2.45, 2.75) is 13.0 Å². The number of carbonyl (C=O) groups excluding carboxylic acids is 1. The number of hydrogen-bond acceptors (Lipinski definition) is 4. The van der Waals surface area contributed by atoms with Crippen molar-refractivity contribution in [3.8, 4) is 0 Å². The van der Waals surface area contributed by atoms with E-state index in [0.29, 0.717) is 22.7 Å². The lowest BCUT2D eigenvalue weighted by Gasteiger charge is -2.05. The lowest BCUT2D eigenvalue weighted by Crippen LogP contribution is -2.20. The fourth-order valence-corrected chi connectivity index (χ4v) is 4.12. The van der Waals surface area contributed by atoms with Crippen LogP contribution in [-0.2, 0) is 22.5 Å². The molecule has 3 rings (SSSR count). The highest BCUT2D eigenvalue weighted by Gasteiger charge is 2.14. The summed E-state index contributed by atoms with van der Waals surface area (Å²) >= 11 is 2.56. The van der Waals surface area contributed by atoms with Gasteiger partial charge < -0.3 is 9.30 Å². The average Bonchev–Trinajstić information content (AvgIpc) is 3.12. The van der Waals surface area contributed by atoms with Crippen molar-refractivity contribution >= 4 is 38.8 Å². The van der Waals surface area contributed by atoms with Crippen molar-refractivity contribution in [3.05, 3.63) is 51.0 Å². The minimum Gasteiger partial charge on any atom is -0.383 e. The Hall–Kier alpha value is -1.90. The number of hydrogen-bond donors (Lipinski definition) is 0. The van der Waals surface area contributed by atoms with Gasteiger partial charge in [0.25, 0.3) is 5.91 Å². The van der Waals surface area contributed by atoms with E-state index in [1.54, 1.807) is 4.57 Å². The summed E-state index contributed by atoms with van der Waals surface area (Å²) < 4.78 is 34.6. The largest absolute Gasteiger partial charge is 0.383 e. The molecular formula is C16H14F2N2O2S2. The lowest BCUT2D eigenvalue weighted by atomic mass is 10.3. The van der Waals surface area contributed by atoms with Gasteiger partial charge in [0.15, 0.2) is 10.6 Å². The fourth-order valence-electron chi connectivity index (χ4n) is 2.31. The van der Waals surface area contributed by atoms with Crippen LogP contribution in [0.1, 0.15) is 4.88 Å². The zero-order valence-corrected chi connectivity index (χ0v) is 14.4. The van der Waals surface area contributed by atoms with Gasteiger partial charge in [0.1, 0.15) is 5.82 Å². The molecule has 0 fully saturated rings. The van der Waals surface area contributed by atoms with E-state index in [1.807, 2.05) is 17.5 Å². The van der Waals surface area contributed by atoms with Gasteiger partial charge in [0, 0.05) is 24.6 Å². The van der Waals surface area contributed by atoms with Crippen LogP contribution in [0.4, 0.5) is 8.78 Å². The number of thiazole rings is 1. The molecular weight excluding hydrogens is 354 g/mol. The van der Waals surface area contributed by atoms with E-state index >= 15 is 0 Å². The predicted molar refractivity (Wildman–Crippen MR) is 90.2 cm³/mol. The van der Waals surface area contributed by atoms with Crippen molar-refractivity contribution in [3.63, 3.8) is 0 Å². The SMILES string of the molecule is COCCn1c(=NC(=O)Cc2cccs2)sc2cc(F)cc(F)c21. The highest BCUT2D eigenvalue weighted by atomic mass is 32.1. The van der Waals surface area contributed by atoms with Gasteiger partial charge in [0.05, 0.1) is 23.2 Å². The Kier molecular flexibility index (Phi) is 5.17. The Morgan fingerprint density at radius 2 is 2.21 bits per heavy atom. The molecule has 0 saturated carbocycles. The molecule has 0 aliphatic heterocycles. The molecule has 2 heterocycles. The van der Waals surface area contributed by atoms with Crippen LogP contribution in [0.25, 0.3) is 10.2 Å². The molecule has 0 unspecified atom stereocenters. The summed E-state index contributed by atoms with van der Waals surface area (Å²) in [7, 11) is 1.53. The van der Waals surface area contributed by atoms with E-state index in [9.17, 15) is 13.6 Å². The standard InChI is InChI=1S/C16H14F2N2O2S2/c1-22-5-4-20-15-12(18)7-10(17)8-13(15)24-16(20)19-14(21)9-11-3-2-6-23-11/h2-3,6-8H,4-5,9H2,1H3. The number of thiophene rings is 1. The number of methoxy groups -OCH3 is 1. The zero-order chi connectivity index (χ0) is 17.1. The Bertz CT molecular complexity index is 930. The Morgan fingerprint density at radius 1 is 1.38 bits per heavy atom. The Labute approximate surface area is 144 Å². The van der Waals surface area contributed by atoms with Gasteiger partial charge >= 0.3 is 0 Å². The number of halogens is 2. The van der Waals surface area contributed by atoms with Crippen LogP contribution >= 0.6 is 22.7 Å². The van der Waals surface area contributed by atoms with Crippen molar-refractivity contribution in [1.82, 2.24) is 4.57 Å². The van der Waals surface area contributed by atoms with Crippen LogP contribution in [-0.4, -0.2) is 24.2 Å². The van der Waals surface area contributed by atoms with Crippen LogP contribution in [0.5, 0.6) is 0 Å². The smallest absolute Gasteiger partial charge is 0.253 e. The molecule has 0 bridgehead atoms. The highest BCUT2D eigenvalue weighted by molar-refractivity contribution is 7.16. The Balaban J connectivity index is 2.06. The number of amides is 1. The summed E-state index contributed by atoms with van der Waals surface area (Å²) in [5, 5.41) is 1.89. The lowest BCUT2D eigenvalue weighted by molar-refractivity contribution is -0.117. The summed E-state index contributed by atoms with van der Waals surface area (Å²) in [6, 6.07) is 5.80. The molecule has 0 aliphatic rings. The minimum absolute atomic E-state index is 0.188. The first-order chi connectivity index (χ1) is 11.6. The molecule has 4 nitrogen and oxygen atoms in total. The van der Waals surface area contributed by atoms with E-state index in [2.05, 4.69) is 4.99 Å². The van der Waals surface area contributed by atoms with Gasteiger partial charge in [-0.1, -0.05) is 17.4 Å². The number of carbonyl (C=O) groups is 1. The molecule has 0 atom stereocenters. The minimum atomic E-state index is -0.676. The van der Waals surface area contributed by atoms with Crippen LogP contribution < -0.4 is 4.80 Å². The molecule has 0 saturated heterocycles. The molecule has 1 amide bonds. The number of rotatable bonds is 5. The van der Waals surface area contributed by atoms with Crippen LogP contribution in [0.3, 0.4) is 0 Å². The molecule has 1 aromatic carbocycles. The van der Waals surface area contributed by atoms with Crippen LogP contribution in [0.2, 0.25) is 0 Å². The third-order valence-electron chi connectivity index (χ3n) is 3.34. The number of fused-ring (bicyclic) bond motifs is 1. The third kappa shape index (κ3) is 3.61. The van der Waals surface area contributed by atoms with Crippen molar-refractivity contribution < 1.29 is 18.3 Å². The quantitative estimate of drug-likeness (QED) is 0.693. The summed E-state index contributed by atoms with van der Waals surface area (Å²) in [5.74, 6) is -1.66. The van der Waals surface area contributed by atoms with Gasteiger partial charge in [-0.05, 0) is 17.5 Å². The molecule has 126 valence electrons. The van der Waals surface area contributed by atoms with Crippen molar-refractivity contribution in [1.29, 1.82) is 0 Å². The van der Waals surface area contributed by atoms with Crippen molar-refractivity contribution in [2.75, 3.05) is 13.7 Å². The Morgan fingerprint density at radius 3 is 2.92 bits per heavy atom. The summed E-state index contributed by atoms with van der Waals surface area (Å²) in [4.78, 5) is 17.5. The third-order valence-corrected chi connectivity index (χ3v) is 5.24. The molecule has 0 radical (unpaired) electrons. The molecule has 0 N–H and O–H groups in total. The first-order valence-electron chi connectivity index (χ1n) is 7.15. The molecule has 0 aliphatic carbocycles. The summed E-state index contributed by atoms with van der Waals surface area (Å²) in [6.07, 6.45) is 0.188. The van der Waals surface area contributed by atoms with Gasteiger partial charge in [0.2, 0.25) is 0 Å². The van der Waals surface area contributed by atoms with E-state index in [1.165, 1.54) is 24.5 Å². The second-order valence-corrected chi connectivity index (χ2v) is 7.07. The normalized spacial score (nSPS) is 12.2. The van der Waals surface area contributed by atoms with E-state index in [-0.39, 0.29) is 17.8 Å². The van der Waals surface area contributed by atoms with Crippen LogP contribution in [0.15, 0.2) is 34.6 Å². The first-order valence-corrected chi connectivity index (χ1v) is 8.85. The van der Waals surface area contributed by atoms with Crippen molar-refractivity contribution in [2.24, 2.45) is 4.99 Å². The first kappa shape index (κ1) is 16.9. The van der Waals surface area contributed by atoms with Gasteiger partial charge in [-0.15, -0.1) is 11.3 Å². The monoisotopic (exact) mass is 368 g/mol. The maximum Gasteiger partial charge on any atom is 0.253 e. The van der Waals surface area contributed by atoms with Gasteiger partial charge in [-0.3, -0.25) is 4.79 Å².